The zero-order valence-electron chi connectivity index (χ0n) is 12.2. The SMILES string of the molecule is CCc1cc(C(Cc2cncc(Br)c2)NC)n(CC)n1. The second kappa shape index (κ2) is 6.99. The third-order valence-corrected chi connectivity index (χ3v) is 3.86. The summed E-state index contributed by atoms with van der Waals surface area (Å²) in [6, 6.07) is 4.57. The highest BCUT2D eigenvalue weighted by atomic mass is 79.9. The molecule has 2 rings (SSSR count). The minimum Gasteiger partial charge on any atom is -0.311 e. The quantitative estimate of drug-likeness (QED) is 0.881. The summed E-state index contributed by atoms with van der Waals surface area (Å²) in [5, 5.41) is 8.02. The van der Waals surface area contributed by atoms with E-state index in [9.17, 15) is 0 Å². The van der Waals surface area contributed by atoms with Crippen molar-refractivity contribution in [1.29, 1.82) is 0 Å². The van der Waals surface area contributed by atoms with E-state index in [2.05, 4.69) is 62.0 Å². The number of halogens is 1. The molecule has 0 saturated heterocycles. The Labute approximate surface area is 128 Å². The van der Waals surface area contributed by atoms with Crippen LogP contribution in [0.4, 0.5) is 0 Å². The van der Waals surface area contributed by atoms with Crippen LogP contribution in [-0.2, 0) is 19.4 Å². The summed E-state index contributed by atoms with van der Waals surface area (Å²) in [6.45, 7) is 5.16. The van der Waals surface area contributed by atoms with Crippen LogP contribution in [-0.4, -0.2) is 21.8 Å². The predicted molar refractivity (Wildman–Crippen MR) is 84.7 cm³/mol. The van der Waals surface area contributed by atoms with Gasteiger partial charge in [0.05, 0.1) is 17.4 Å². The van der Waals surface area contributed by atoms with Crippen LogP contribution in [0.3, 0.4) is 0 Å². The molecule has 0 bridgehead atoms. The van der Waals surface area contributed by atoms with E-state index in [0.29, 0.717) is 0 Å². The Morgan fingerprint density at radius 1 is 1.30 bits per heavy atom. The van der Waals surface area contributed by atoms with Crippen molar-refractivity contribution in [3.05, 3.63) is 46.0 Å². The summed E-state index contributed by atoms with van der Waals surface area (Å²) in [4.78, 5) is 4.23. The van der Waals surface area contributed by atoms with E-state index in [0.717, 1.165) is 29.6 Å². The maximum Gasteiger partial charge on any atom is 0.0625 e. The number of nitrogens with zero attached hydrogens (tertiary/aromatic N) is 3. The molecule has 0 aromatic carbocycles. The average Bonchev–Trinajstić information content (AvgIpc) is 2.88. The number of aryl methyl sites for hydroxylation is 2. The number of nitrogens with one attached hydrogen (secondary N) is 1. The van der Waals surface area contributed by atoms with Crippen molar-refractivity contribution >= 4 is 15.9 Å². The molecule has 1 atom stereocenters. The van der Waals surface area contributed by atoms with E-state index in [1.165, 1.54) is 11.3 Å². The minimum absolute atomic E-state index is 0.249. The number of rotatable bonds is 6. The average molecular weight is 337 g/mol. The van der Waals surface area contributed by atoms with Gasteiger partial charge in [0.15, 0.2) is 0 Å². The number of hydrogen-bond acceptors (Lipinski definition) is 3. The van der Waals surface area contributed by atoms with Gasteiger partial charge < -0.3 is 5.32 Å². The van der Waals surface area contributed by atoms with Crippen molar-refractivity contribution < 1.29 is 0 Å². The zero-order valence-corrected chi connectivity index (χ0v) is 13.8. The van der Waals surface area contributed by atoms with Gasteiger partial charge >= 0.3 is 0 Å². The molecule has 2 aromatic heterocycles. The summed E-state index contributed by atoms with van der Waals surface area (Å²) in [7, 11) is 1.99. The third kappa shape index (κ3) is 3.46. The Balaban J connectivity index is 2.25. The zero-order chi connectivity index (χ0) is 14.5. The topological polar surface area (TPSA) is 42.7 Å². The minimum atomic E-state index is 0.249. The molecule has 4 nitrogen and oxygen atoms in total. The monoisotopic (exact) mass is 336 g/mol. The van der Waals surface area contributed by atoms with Crippen LogP contribution in [0.1, 0.15) is 36.8 Å². The lowest BCUT2D eigenvalue weighted by Crippen LogP contribution is -2.22. The Hall–Kier alpha value is -1.20. The summed E-state index contributed by atoms with van der Waals surface area (Å²) in [6.07, 6.45) is 5.60. The van der Waals surface area contributed by atoms with Gasteiger partial charge in [0.2, 0.25) is 0 Å². The van der Waals surface area contributed by atoms with E-state index in [1.807, 2.05) is 19.4 Å². The van der Waals surface area contributed by atoms with Crippen molar-refractivity contribution in [2.45, 2.75) is 39.3 Å². The van der Waals surface area contributed by atoms with Gasteiger partial charge in [0.25, 0.3) is 0 Å². The van der Waals surface area contributed by atoms with Crippen LogP contribution in [0.15, 0.2) is 29.0 Å². The Bertz CT molecular complexity index is 565. The number of aromatic nitrogens is 3. The lowest BCUT2D eigenvalue weighted by molar-refractivity contribution is 0.511. The molecule has 0 saturated carbocycles. The van der Waals surface area contributed by atoms with Gasteiger partial charge in [-0.25, -0.2) is 0 Å². The highest BCUT2D eigenvalue weighted by Gasteiger charge is 2.16. The number of hydrogen-bond donors (Lipinski definition) is 1. The predicted octanol–water partition coefficient (Wildman–Crippen LogP) is 3.13. The van der Waals surface area contributed by atoms with Crippen LogP contribution < -0.4 is 5.32 Å². The molecule has 5 heteroatoms. The van der Waals surface area contributed by atoms with Gasteiger partial charge in [-0.1, -0.05) is 6.92 Å². The smallest absolute Gasteiger partial charge is 0.0625 e. The molecular weight excluding hydrogens is 316 g/mol. The molecule has 20 heavy (non-hydrogen) atoms. The second-order valence-electron chi connectivity index (χ2n) is 4.79. The Morgan fingerprint density at radius 3 is 2.70 bits per heavy atom. The normalized spacial score (nSPS) is 12.6. The molecular formula is C15H21BrN4. The molecule has 0 amide bonds. The van der Waals surface area contributed by atoms with Crippen LogP contribution in [0, 0.1) is 0 Å². The summed E-state index contributed by atoms with van der Waals surface area (Å²) >= 11 is 3.47. The van der Waals surface area contributed by atoms with Crippen LogP contribution >= 0.6 is 15.9 Å². The van der Waals surface area contributed by atoms with Crippen LogP contribution in [0.25, 0.3) is 0 Å². The van der Waals surface area contributed by atoms with Crippen LogP contribution in [0.2, 0.25) is 0 Å². The van der Waals surface area contributed by atoms with Gasteiger partial charge in [0.1, 0.15) is 0 Å². The van der Waals surface area contributed by atoms with E-state index in [-0.39, 0.29) is 6.04 Å². The van der Waals surface area contributed by atoms with Gasteiger partial charge in [-0.15, -0.1) is 0 Å². The molecule has 1 N–H and O–H groups in total. The first-order chi connectivity index (χ1) is 9.67. The molecule has 108 valence electrons. The van der Waals surface area contributed by atoms with Crippen LogP contribution in [0.5, 0.6) is 0 Å². The summed E-state index contributed by atoms with van der Waals surface area (Å²) in [5.41, 5.74) is 3.60. The molecule has 0 aliphatic carbocycles. The maximum absolute atomic E-state index is 4.63. The first-order valence-electron chi connectivity index (χ1n) is 7.01. The van der Waals surface area contributed by atoms with E-state index >= 15 is 0 Å². The maximum atomic E-state index is 4.63. The Morgan fingerprint density at radius 2 is 2.10 bits per heavy atom. The van der Waals surface area contributed by atoms with Crippen molar-refractivity contribution in [3.63, 3.8) is 0 Å². The lowest BCUT2D eigenvalue weighted by Gasteiger charge is -2.17. The van der Waals surface area contributed by atoms with E-state index in [4.69, 9.17) is 0 Å². The molecule has 0 fully saturated rings. The summed E-state index contributed by atoms with van der Waals surface area (Å²) in [5.74, 6) is 0. The number of pyridine rings is 1. The van der Waals surface area contributed by atoms with Crippen molar-refractivity contribution in [2.24, 2.45) is 0 Å². The van der Waals surface area contributed by atoms with E-state index < -0.39 is 0 Å². The fourth-order valence-corrected chi connectivity index (χ4v) is 2.76. The van der Waals surface area contributed by atoms with Gasteiger partial charge in [-0.3, -0.25) is 9.67 Å². The molecule has 2 aromatic rings. The van der Waals surface area contributed by atoms with Gasteiger partial charge in [-0.2, -0.15) is 5.10 Å². The first kappa shape index (κ1) is 15.2. The van der Waals surface area contributed by atoms with Crippen molar-refractivity contribution in [3.8, 4) is 0 Å². The second-order valence-corrected chi connectivity index (χ2v) is 5.70. The van der Waals surface area contributed by atoms with E-state index in [1.54, 1.807) is 0 Å². The van der Waals surface area contributed by atoms with Crippen molar-refractivity contribution in [1.82, 2.24) is 20.1 Å². The van der Waals surface area contributed by atoms with Gasteiger partial charge in [0, 0.05) is 23.4 Å². The molecule has 0 spiro atoms. The Kier molecular flexibility index (Phi) is 5.31. The molecule has 0 aliphatic heterocycles. The largest absolute Gasteiger partial charge is 0.311 e. The lowest BCUT2D eigenvalue weighted by atomic mass is 10.0. The molecule has 1 unspecified atom stereocenters. The standard InChI is InChI=1S/C15H21BrN4/c1-4-13-8-15(20(5-2)19-13)14(17-3)7-11-6-12(16)10-18-9-11/h6,8-10,14,17H,4-5,7H2,1-3H3. The first-order valence-corrected chi connectivity index (χ1v) is 7.80. The fraction of sp³-hybridized carbons (Fsp3) is 0.467. The summed E-state index contributed by atoms with van der Waals surface area (Å²) < 4.78 is 3.11. The molecule has 2 heterocycles. The van der Waals surface area contributed by atoms with Crippen molar-refractivity contribution in [2.75, 3.05) is 7.05 Å². The molecule has 0 aliphatic rings. The third-order valence-electron chi connectivity index (χ3n) is 3.43. The van der Waals surface area contributed by atoms with Gasteiger partial charge in [-0.05, 0) is 60.4 Å². The highest BCUT2D eigenvalue weighted by Crippen LogP contribution is 2.21. The number of likely N-dealkylation sites (N-methyl/N-ethyl adjacent to an activating group) is 1. The molecule has 0 radical (unpaired) electrons. The highest BCUT2D eigenvalue weighted by molar-refractivity contribution is 9.10. The fourth-order valence-electron chi connectivity index (χ4n) is 2.35.